The van der Waals surface area contributed by atoms with Crippen LogP contribution in [0.3, 0.4) is 0 Å². The monoisotopic (exact) mass is 381 g/mol. The van der Waals surface area contributed by atoms with Gasteiger partial charge in [0.1, 0.15) is 5.69 Å². The Bertz CT molecular complexity index is 1080. The van der Waals surface area contributed by atoms with Crippen molar-refractivity contribution in [3.8, 4) is 16.3 Å². The van der Waals surface area contributed by atoms with Crippen LogP contribution in [-0.4, -0.2) is 29.3 Å². The van der Waals surface area contributed by atoms with E-state index in [0.717, 1.165) is 21.7 Å². The highest BCUT2D eigenvalue weighted by molar-refractivity contribution is 7.13. The Morgan fingerprint density at radius 3 is 2.96 bits per heavy atom. The fourth-order valence-electron chi connectivity index (χ4n) is 2.95. The normalized spacial score (nSPS) is 11.0. The Morgan fingerprint density at radius 2 is 2.19 bits per heavy atom. The molecule has 4 rings (SSSR count). The van der Waals surface area contributed by atoms with Gasteiger partial charge in [0.15, 0.2) is 17.1 Å². The lowest BCUT2D eigenvalue weighted by atomic mass is 10.2. The third-order valence-corrected chi connectivity index (χ3v) is 5.21. The number of benzene rings is 1. The number of aromatic nitrogens is 2. The average Bonchev–Trinajstić information content (AvgIpc) is 3.40. The first-order chi connectivity index (χ1) is 13.2. The van der Waals surface area contributed by atoms with E-state index in [9.17, 15) is 4.79 Å². The number of furan rings is 1. The molecule has 27 heavy (non-hydrogen) atoms. The first-order valence-electron chi connectivity index (χ1n) is 8.59. The van der Waals surface area contributed by atoms with Gasteiger partial charge >= 0.3 is 0 Å². The zero-order valence-corrected chi connectivity index (χ0v) is 15.9. The van der Waals surface area contributed by atoms with Crippen LogP contribution in [0.1, 0.15) is 16.2 Å². The Kier molecular flexibility index (Phi) is 4.68. The van der Waals surface area contributed by atoms with Gasteiger partial charge in [0.2, 0.25) is 0 Å². The molecule has 0 fully saturated rings. The van der Waals surface area contributed by atoms with Crippen LogP contribution in [0.4, 0.5) is 0 Å². The van der Waals surface area contributed by atoms with Crippen LogP contribution in [0, 0.1) is 6.92 Å². The summed E-state index contributed by atoms with van der Waals surface area (Å²) in [6.45, 7) is 3.06. The summed E-state index contributed by atoms with van der Waals surface area (Å²) in [7, 11) is 1.58. The fourth-order valence-corrected chi connectivity index (χ4v) is 3.63. The predicted molar refractivity (Wildman–Crippen MR) is 105 cm³/mol. The van der Waals surface area contributed by atoms with E-state index in [-0.39, 0.29) is 11.7 Å². The minimum Gasteiger partial charge on any atom is -0.493 e. The quantitative estimate of drug-likeness (QED) is 0.546. The van der Waals surface area contributed by atoms with Crippen LogP contribution in [0.2, 0.25) is 0 Å². The number of carbonyl (C=O) groups excluding carboxylic acids is 1. The van der Waals surface area contributed by atoms with Gasteiger partial charge < -0.3 is 14.5 Å². The van der Waals surface area contributed by atoms with Crippen LogP contribution in [-0.2, 0) is 6.54 Å². The smallest absolute Gasteiger partial charge is 0.287 e. The Labute approximate surface area is 160 Å². The van der Waals surface area contributed by atoms with E-state index < -0.39 is 0 Å². The number of thiophene rings is 1. The molecule has 0 unspecified atom stereocenters. The number of rotatable bonds is 6. The van der Waals surface area contributed by atoms with Gasteiger partial charge in [-0.1, -0.05) is 18.2 Å². The molecule has 7 heteroatoms. The molecule has 0 aliphatic rings. The molecular formula is C20H19N3O3S. The molecule has 0 atom stereocenters. The number of nitrogens with zero attached hydrogens (tertiary/aromatic N) is 2. The molecule has 3 heterocycles. The third-order valence-electron chi connectivity index (χ3n) is 4.32. The van der Waals surface area contributed by atoms with Crippen LogP contribution in [0.15, 0.2) is 52.3 Å². The van der Waals surface area contributed by atoms with Crippen molar-refractivity contribution in [1.29, 1.82) is 0 Å². The molecule has 0 saturated heterocycles. The van der Waals surface area contributed by atoms with E-state index in [0.29, 0.717) is 24.4 Å². The summed E-state index contributed by atoms with van der Waals surface area (Å²) in [5, 5.41) is 10.4. The first kappa shape index (κ1) is 17.4. The molecule has 1 N–H and O–H groups in total. The van der Waals surface area contributed by atoms with Gasteiger partial charge in [0.05, 0.1) is 18.5 Å². The molecule has 0 radical (unpaired) electrons. The highest BCUT2D eigenvalue weighted by Gasteiger charge is 2.15. The standard InChI is InChI=1S/C20H19N3O3S/c1-13-11-15(18-7-4-10-27-18)22-23(13)9-8-21-20(24)17-12-14-5-3-6-16(25-2)19(14)26-17/h3-7,10-12H,8-9H2,1-2H3,(H,21,24). The second-order valence-corrected chi connectivity index (χ2v) is 7.06. The van der Waals surface area contributed by atoms with E-state index in [1.54, 1.807) is 30.6 Å². The summed E-state index contributed by atoms with van der Waals surface area (Å²) < 4.78 is 12.8. The maximum atomic E-state index is 12.4. The van der Waals surface area contributed by atoms with E-state index in [1.807, 2.05) is 35.2 Å². The first-order valence-corrected chi connectivity index (χ1v) is 9.47. The van der Waals surface area contributed by atoms with Gasteiger partial charge in [0.25, 0.3) is 5.91 Å². The summed E-state index contributed by atoms with van der Waals surface area (Å²) in [4.78, 5) is 13.5. The van der Waals surface area contributed by atoms with Gasteiger partial charge in [-0.15, -0.1) is 11.3 Å². The number of hydrogen-bond donors (Lipinski definition) is 1. The summed E-state index contributed by atoms with van der Waals surface area (Å²) in [6, 6.07) is 13.4. The summed E-state index contributed by atoms with van der Waals surface area (Å²) >= 11 is 1.66. The van der Waals surface area contributed by atoms with Gasteiger partial charge in [-0.3, -0.25) is 9.48 Å². The maximum absolute atomic E-state index is 12.4. The molecule has 4 aromatic rings. The number of carbonyl (C=O) groups is 1. The number of hydrogen-bond acceptors (Lipinski definition) is 5. The Hall–Kier alpha value is -3.06. The van der Waals surface area contributed by atoms with Gasteiger partial charge in [-0.25, -0.2) is 0 Å². The molecule has 0 bridgehead atoms. The number of ether oxygens (including phenoxy) is 1. The molecule has 0 spiro atoms. The maximum Gasteiger partial charge on any atom is 0.287 e. The minimum atomic E-state index is -0.253. The number of para-hydroxylation sites is 1. The van der Waals surface area contributed by atoms with Crippen LogP contribution in [0.25, 0.3) is 21.5 Å². The molecule has 0 aliphatic heterocycles. The number of aryl methyl sites for hydroxylation is 1. The molecule has 1 aromatic carbocycles. The van der Waals surface area contributed by atoms with Crippen molar-refractivity contribution in [2.75, 3.05) is 13.7 Å². The van der Waals surface area contributed by atoms with E-state index >= 15 is 0 Å². The molecule has 1 amide bonds. The van der Waals surface area contributed by atoms with Crippen molar-refractivity contribution >= 4 is 28.2 Å². The lowest BCUT2D eigenvalue weighted by Gasteiger charge is -2.05. The SMILES string of the molecule is COc1cccc2cc(C(=O)NCCn3nc(-c4cccs4)cc3C)oc12. The molecule has 0 aliphatic carbocycles. The molecule has 3 aromatic heterocycles. The molecule has 138 valence electrons. The van der Waals surface area contributed by atoms with Crippen LogP contribution >= 0.6 is 11.3 Å². The van der Waals surface area contributed by atoms with E-state index in [2.05, 4.69) is 22.5 Å². The van der Waals surface area contributed by atoms with Crippen molar-refractivity contribution in [3.63, 3.8) is 0 Å². The van der Waals surface area contributed by atoms with Crippen molar-refractivity contribution in [2.24, 2.45) is 0 Å². The van der Waals surface area contributed by atoms with Crippen molar-refractivity contribution < 1.29 is 13.9 Å². The topological polar surface area (TPSA) is 69.3 Å². The highest BCUT2D eigenvalue weighted by atomic mass is 32.1. The van der Waals surface area contributed by atoms with Gasteiger partial charge in [0, 0.05) is 17.6 Å². The number of methoxy groups -OCH3 is 1. The third kappa shape index (κ3) is 3.46. The summed E-state index contributed by atoms with van der Waals surface area (Å²) in [6.07, 6.45) is 0. The molecular weight excluding hydrogens is 362 g/mol. The highest BCUT2D eigenvalue weighted by Crippen LogP contribution is 2.28. The zero-order chi connectivity index (χ0) is 18.8. The van der Waals surface area contributed by atoms with E-state index in [1.165, 1.54) is 0 Å². The number of nitrogens with one attached hydrogen (secondary N) is 1. The average molecular weight is 381 g/mol. The summed E-state index contributed by atoms with van der Waals surface area (Å²) in [5.41, 5.74) is 2.59. The second-order valence-electron chi connectivity index (χ2n) is 6.12. The van der Waals surface area contributed by atoms with Gasteiger partial charge in [-0.2, -0.15) is 5.10 Å². The fraction of sp³-hybridized carbons (Fsp3) is 0.200. The van der Waals surface area contributed by atoms with Crippen molar-refractivity contribution in [1.82, 2.24) is 15.1 Å². The van der Waals surface area contributed by atoms with Gasteiger partial charge in [-0.05, 0) is 36.6 Å². The summed E-state index contributed by atoms with van der Waals surface area (Å²) in [5.74, 6) is 0.627. The van der Waals surface area contributed by atoms with Crippen LogP contribution < -0.4 is 10.1 Å². The second kappa shape index (κ2) is 7.28. The zero-order valence-electron chi connectivity index (χ0n) is 15.1. The minimum absolute atomic E-state index is 0.253. The Morgan fingerprint density at radius 1 is 1.30 bits per heavy atom. The predicted octanol–water partition coefficient (Wildman–Crippen LogP) is 4.10. The lowest BCUT2D eigenvalue weighted by Crippen LogP contribution is -2.27. The number of amides is 1. The largest absolute Gasteiger partial charge is 0.493 e. The molecule has 0 saturated carbocycles. The Balaban J connectivity index is 1.41. The van der Waals surface area contributed by atoms with Crippen molar-refractivity contribution in [3.05, 3.63) is 59.3 Å². The van der Waals surface area contributed by atoms with Crippen LogP contribution in [0.5, 0.6) is 5.75 Å². The van der Waals surface area contributed by atoms with Crippen molar-refractivity contribution in [2.45, 2.75) is 13.5 Å². The van der Waals surface area contributed by atoms with E-state index in [4.69, 9.17) is 9.15 Å². The molecule has 6 nitrogen and oxygen atoms in total. The lowest BCUT2D eigenvalue weighted by molar-refractivity contribution is 0.0926. The number of fused-ring (bicyclic) bond motifs is 1.